The molecule has 1 saturated heterocycles. The number of aromatic nitrogens is 3. The largest absolute Gasteiger partial charge is 0.297 e. The Bertz CT molecular complexity index is 1090. The van der Waals surface area contributed by atoms with E-state index < -0.39 is 0 Å². The summed E-state index contributed by atoms with van der Waals surface area (Å²) in [6.45, 7) is 5.43. The summed E-state index contributed by atoms with van der Waals surface area (Å²) >= 11 is 6.19. The maximum absolute atomic E-state index is 13.5. The molecule has 4 nitrogen and oxygen atoms in total. The number of hydrogen-bond acceptors (Lipinski definition) is 4. The predicted molar refractivity (Wildman–Crippen MR) is 125 cm³/mol. The average Bonchev–Trinajstić information content (AvgIpc) is 3.49. The summed E-state index contributed by atoms with van der Waals surface area (Å²) in [5.41, 5.74) is 5.21. The molecular formula is C26H28ClFN4. The minimum Gasteiger partial charge on any atom is -0.297 e. The Morgan fingerprint density at radius 3 is 2.72 bits per heavy atom. The summed E-state index contributed by atoms with van der Waals surface area (Å²) in [5.74, 6) is 0.468. The van der Waals surface area contributed by atoms with Crippen molar-refractivity contribution >= 4 is 11.6 Å². The smallest absolute Gasteiger partial charge is 0.123 e. The van der Waals surface area contributed by atoms with Gasteiger partial charge in [0.1, 0.15) is 5.82 Å². The van der Waals surface area contributed by atoms with Crippen LogP contribution in [0, 0.1) is 24.1 Å². The number of hydrogen-bond donors (Lipinski definition) is 0. The highest BCUT2D eigenvalue weighted by Gasteiger charge is 2.53. The van der Waals surface area contributed by atoms with Gasteiger partial charge in [0.15, 0.2) is 0 Å². The fourth-order valence-electron chi connectivity index (χ4n) is 5.16. The lowest BCUT2D eigenvalue weighted by Gasteiger charge is -2.33. The molecule has 0 bridgehead atoms. The van der Waals surface area contributed by atoms with Gasteiger partial charge in [-0.15, -0.1) is 0 Å². The van der Waals surface area contributed by atoms with Gasteiger partial charge in [0, 0.05) is 18.3 Å². The quantitative estimate of drug-likeness (QED) is 0.470. The summed E-state index contributed by atoms with van der Waals surface area (Å²) in [7, 11) is 0. The Balaban J connectivity index is 1.12. The van der Waals surface area contributed by atoms with E-state index in [1.165, 1.54) is 42.7 Å². The SMILES string of the molecule is Cc1cccnc1CN1CCC2(CC1)C[C@H]2CCc1ccc(-c2cc(F)ccc2Cl)nn1. The zero-order valence-electron chi connectivity index (χ0n) is 18.4. The van der Waals surface area contributed by atoms with Crippen molar-refractivity contribution in [2.75, 3.05) is 13.1 Å². The molecule has 0 amide bonds. The van der Waals surface area contributed by atoms with Crippen LogP contribution in [0.5, 0.6) is 0 Å². The monoisotopic (exact) mass is 450 g/mol. The highest BCUT2D eigenvalue weighted by Crippen LogP contribution is 2.61. The highest BCUT2D eigenvalue weighted by atomic mass is 35.5. The third-order valence-corrected chi connectivity index (χ3v) is 7.70. The van der Waals surface area contributed by atoms with E-state index in [9.17, 15) is 4.39 Å². The molecule has 0 N–H and O–H groups in total. The van der Waals surface area contributed by atoms with Crippen molar-refractivity contribution in [1.29, 1.82) is 0 Å². The minimum absolute atomic E-state index is 0.324. The van der Waals surface area contributed by atoms with Crippen molar-refractivity contribution in [3.05, 3.63) is 76.5 Å². The highest BCUT2D eigenvalue weighted by molar-refractivity contribution is 6.33. The van der Waals surface area contributed by atoms with Crippen LogP contribution in [0.4, 0.5) is 4.39 Å². The minimum atomic E-state index is -0.324. The zero-order valence-corrected chi connectivity index (χ0v) is 19.2. The van der Waals surface area contributed by atoms with E-state index in [0.29, 0.717) is 21.7 Å². The van der Waals surface area contributed by atoms with Gasteiger partial charge in [0.25, 0.3) is 0 Å². The van der Waals surface area contributed by atoms with E-state index in [4.69, 9.17) is 11.6 Å². The molecule has 1 atom stereocenters. The van der Waals surface area contributed by atoms with Gasteiger partial charge in [-0.25, -0.2) is 4.39 Å². The average molecular weight is 451 g/mol. The Kier molecular flexibility index (Phi) is 5.95. The van der Waals surface area contributed by atoms with Crippen LogP contribution in [-0.4, -0.2) is 33.2 Å². The lowest BCUT2D eigenvalue weighted by molar-refractivity contribution is 0.153. The molecule has 1 spiro atoms. The molecule has 166 valence electrons. The van der Waals surface area contributed by atoms with Crippen LogP contribution in [0.1, 0.15) is 42.6 Å². The van der Waals surface area contributed by atoms with Crippen molar-refractivity contribution in [2.24, 2.45) is 11.3 Å². The summed E-state index contributed by atoms with van der Waals surface area (Å²) in [5, 5.41) is 9.16. The van der Waals surface area contributed by atoms with E-state index in [0.717, 1.165) is 44.1 Å². The van der Waals surface area contributed by atoms with E-state index >= 15 is 0 Å². The normalized spacial score (nSPS) is 19.9. The van der Waals surface area contributed by atoms with Gasteiger partial charge in [0.05, 0.1) is 22.1 Å². The maximum atomic E-state index is 13.5. The molecule has 32 heavy (non-hydrogen) atoms. The van der Waals surface area contributed by atoms with E-state index in [1.54, 1.807) is 6.07 Å². The Hall–Kier alpha value is -2.37. The first-order valence-electron chi connectivity index (χ1n) is 11.4. The van der Waals surface area contributed by atoms with Gasteiger partial charge in [0.2, 0.25) is 0 Å². The maximum Gasteiger partial charge on any atom is 0.123 e. The second-order valence-electron chi connectivity index (χ2n) is 9.38. The fourth-order valence-corrected chi connectivity index (χ4v) is 5.37. The topological polar surface area (TPSA) is 41.9 Å². The van der Waals surface area contributed by atoms with E-state index in [-0.39, 0.29) is 5.82 Å². The molecule has 2 aromatic heterocycles. The van der Waals surface area contributed by atoms with Crippen LogP contribution in [0.2, 0.25) is 5.02 Å². The van der Waals surface area contributed by atoms with Gasteiger partial charge in [-0.05, 0) is 105 Å². The Morgan fingerprint density at radius 1 is 1.12 bits per heavy atom. The first-order chi connectivity index (χ1) is 15.5. The molecule has 1 aliphatic heterocycles. The van der Waals surface area contributed by atoms with Crippen molar-refractivity contribution in [2.45, 2.75) is 45.6 Å². The molecular weight excluding hydrogens is 423 g/mol. The van der Waals surface area contributed by atoms with Crippen LogP contribution in [0.15, 0.2) is 48.7 Å². The molecule has 0 unspecified atom stereocenters. The molecule has 3 heterocycles. The number of likely N-dealkylation sites (tertiary alicyclic amines) is 1. The standard InChI is InChI=1S/C26H28ClFN4/c1-18-3-2-12-29-25(18)17-32-13-10-26(11-14-32)16-19(26)4-6-21-7-9-24(31-30-21)22-15-20(28)5-8-23(22)27/h2-3,5,7-9,12,15,19H,4,6,10-11,13-14,16-17H2,1H3/t19-/m1/s1. The molecule has 2 fully saturated rings. The second-order valence-corrected chi connectivity index (χ2v) is 9.79. The molecule has 1 aliphatic carbocycles. The number of piperidine rings is 1. The van der Waals surface area contributed by atoms with Crippen molar-refractivity contribution in [3.63, 3.8) is 0 Å². The van der Waals surface area contributed by atoms with Crippen LogP contribution in [-0.2, 0) is 13.0 Å². The predicted octanol–water partition coefficient (Wildman–Crippen LogP) is 5.87. The van der Waals surface area contributed by atoms with Crippen molar-refractivity contribution in [3.8, 4) is 11.3 Å². The summed E-state index contributed by atoms with van der Waals surface area (Å²) < 4.78 is 13.5. The molecule has 0 radical (unpaired) electrons. The van der Waals surface area contributed by atoms with Crippen LogP contribution in [0.3, 0.4) is 0 Å². The first kappa shape index (κ1) is 21.5. The Labute approximate surface area is 193 Å². The molecule has 2 aliphatic rings. The number of benzene rings is 1. The molecule has 5 rings (SSSR count). The lowest BCUT2D eigenvalue weighted by atomic mass is 9.89. The van der Waals surface area contributed by atoms with Gasteiger partial charge in [-0.2, -0.15) is 10.2 Å². The van der Waals surface area contributed by atoms with Gasteiger partial charge >= 0.3 is 0 Å². The van der Waals surface area contributed by atoms with Crippen molar-refractivity contribution in [1.82, 2.24) is 20.1 Å². The molecule has 1 aromatic carbocycles. The summed E-state index contributed by atoms with van der Waals surface area (Å²) in [6, 6.07) is 12.3. The first-order valence-corrected chi connectivity index (χ1v) is 11.8. The molecule has 3 aromatic rings. The number of rotatable bonds is 6. The van der Waals surface area contributed by atoms with Crippen LogP contribution >= 0.6 is 11.6 Å². The van der Waals surface area contributed by atoms with Gasteiger partial charge < -0.3 is 0 Å². The van der Waals surface area contributed by atoms with Gasteiger partial charge in [-0.3, -0.25) is 9.88 Å². The third kappa shape index (κ3) is 4.55. The Morgan fingerprint density at radius 2 is 1.97 bits per heavy atom. The van der Waals surface area contributed by atoms with Crippen LogP contribution in [0.25, 0.3) is 11.3 Å². The molecule has 6 heteroatoms. The lowest BCUT2D eigenvalue weighted by Crippen LogP contribution is -2.35. The number of aryl methyl sites for hydroxylation is 2. The summed E-state index contributed by atoms with van der Waals surface area (Å²) in [6.07, 6.45) is 7.90. The second kappa shape index (κ2) is 8.87. The zero-order chi connectivity index (χ0) is 22.1. The van der Waals surface area contributed by atoms with E-state index in [2.05, 4.69) is 33.1 Å². The number of halogens is 2. The van der Waals surface area contributed by atoms with E-state index in [1.807, 2.05) is 24.4 Å². The van der Waals surface area contributed by atoms with Crippen LogP contribution < -0.4 is 0 Å². The third-order valence-electron chi connectivity index (χ3n) is 7.37. The number of pyridine rings is 1. The number of nitrogens with zero attached hydrogens (tertiary/aromatic N) is 4. The summed E-state index contributed by atoms with van der Waals surface area (Å²) in [4.78, 5) is 7.11. The fraction of sp³-hybridized carbons (Fsp3) is 0.423. The molecule has 1 saturated carbocycles. The van der Waals surface area contributed by atoms with Crippen molar-refractivity contribution < 1.29 is 4.39 Å². The van der Waals surface area contributed by atoms with Gasteiger partial charge in [-0.1, -0.05) is 17.7 Å².